The van der Waals surface area contributed by atoms with Crippen LogP contribution in [0.25, 0.3) is 0 Å². The van der Waals surface area contributed by atoms with E-state index in [1.807, 2.05) is 48.5 Å². The molecular weight excluding hydrogens is 636 g/mol. The van der Waals surface area contributed by atoms with E-state index < -0.39 is 0 Å². The first-order valence-electron chi connectivity index (χ1n) is 8.19. The van der Waals surface area contributed by atoms with E-state index in [1.165, 1.54) is 11.8 Å². The van der Waals surface area contributed by atoms with Gasteiger partial charge in [-0.2, -0.15) is 0 Å². The number of thioether (sulfide) groups is 3. The van der Waals surface area contributed by atoms with Crippen LogP contribution in [0.5, 0.6) is 0 Å². The van der Waals surface area contributed by atoms with Gasteiger partial charge in [-0.3, -0.25) is 0 Å². The molecular formula is C22H12Br3ClS3. The van der Waals surface area contributed by atoms with Crippen molar-refractivity contribution in [1.82, 2.24) is 0 Å². The molecule has 0 aliphatic carbocycles. The molecule has 29 heavy (non-hydrogen) atoms. The molecule has 0 atom stereocenters. The van der Waals surface area contributed by atoms with E-state index in [4.69, 9.17) is 11.6 Å². The van der Waals surface area contributed by atoms with Crippen molar-refractivity contribution < 1.29 is 0 Å². The molecule has 146 valence electrons. The SMILES string of the molecule is ClC(C#CSc1ccc(Br)cc1)=C(Sc1ccc(Br)cc1)Sc1ccc(Br)cc1. The molecule has 0 amide bonds. The Labute approximate surface area is 214 Å². The van der Waals surface area contributed by atoms with E-state index in [1.54, 1.807) is 23.5 Å². The van der Waals surface area contributed by atoms with Gasteiger partial charge in [0.25, 0.3) is 0 Å². The number of hydrogen-bond acceptors (Lipinski definition) is 3. The van der Waals surface area contributed by atoms with Crippen LogP contribution in [-0.4, -0.2) is 0 Å². The standard InChI is InChI=1S/C22H12Br3ClS3/c23-15-1-7-18(8-2-15)27-14-13-21(26)22(28-19-9-3-16(24)4-10-19)29-20-11-5-17(25)6-12-20/h1-12H. The highest BCUT2D eigenvalue weighted by atomic mass is 79.9. The highest BCUT2D eigenvalue weighted by molar-refractivity contribution is 9.11. The minimum atomic E-state index is 0.537. The fourth-order valence-electron chi connectivity index (χ4n) is 2.01. The minimum Gasteiger partial charge on any atom is -0.0805 e. The van der Waals surface area contributed by atoms with Crippen LogP contribution >= 0.6 is 94.7 Å². The topological polar surface area (TPSA) is 0 Å². The molecule has 0 heterocycles. The van der Waals surface area contributed by atoms with Crippen LogP contribution in [0.2, 0.25) is 0 Å². The van der Waals surface area contributed by atoms with Crippen LogP contribution in [0.1, 0.15) is 0 Å². The lowest BCUT2D eigenvalue weighted by Crippen LogP contribution is -1.79. The molecule has 0 saturated carbocycles. The predicted molar refractivity (Wildman–Crippen MR) is 141 cm³/mol. The van der Waals surface area contributed by atoms with E-state index in [0.717, 1.165) is 32.3 Å². The maximum atomic E-state index is 6.63. The summed E-state index contributed by atoms with van der Waals surface area (Å²) in [4.78, 5) is 3.29. The fraction of sp³-hybridized carbons (Fsp3) is 0. The molecule has 0 unspecified atom stereocenters. The first-order chi connectivity index (χ1) is 14.0. The van der Waals surface area contributed by atoms with Crippen LogP contribution in [0.3, 0.4) is 0 Å². The molecule has 7 heteroatoms. The van der Waals surface area contributed by atoms with Gasteiger partial charge in [-0.15, -0.1) is 0 Å². The second-order valence-corrected chi connectivity index (χ2v) is 11.9. The molecule has 0 aliphatic rings. The molecule has 0 aliphatic heterocycles. The summed E-state index contributed by atoms with van der Waals surface area (Å²) in [7, 11) is 0. The molecule has 0 fully saturated rings. The Morgan fingerprint density at radius 2 is 1.00 bits per heavy atom. The molecule has 0 aromatic heterocycles. The Balaban J connectivity index is 1.83. The summed E-state index contributed by atoms with van der Waals surface area (Å²) in [6.45, 7) is 0. The zero-order chi connectivity index (χ0) is 20.6. The predicted octanol–water partition coefficient (Wildman–Crippen LogP) is 10.0. The summed E-state index contributed by atoms with van der Waals surface area (Å²) >= 11 is 21.7. The molecule has 3 rings (SSSR count). The van der Waals surface area contributed by atoms with Crippen LogP contribution in [0.15, 0.2) is 110 Å². The van der Waals surface area contributed by atoms with E-state index in [-0.39, 0.29) is 0 Å². The molecule has 0 N–H and O–H groups in total. The Kier molecular flexibility index (Phi) is 9.64. The highest BCUT2D eigenvalue weighted by Gasteiger charge is 2.09. The van der Waals surface area contributed by atoms with Gasteiger partial charge in [-0.25, -0.2) is 0 Å². The van der Waals surface area contributed by atoms with Gasteiger partial charge < -0.3 is 0 Å². The summed E-state index contributed by atoms with van der Waals surface area (Å²) < 4.78 is 4.08. The number of allylic oxidation sites excluding steroid dienone is 1. The van der Waals surface area contributed by atoms with Gasteiger partial charge >= 0.3 is 0 Å². The van der Waals surface area contributed by atoms with E-state index in [2.05, 4.69) is 83.2 Å². The van der Waals surface area contributed by atoms with Gasteiger partial charge in [0.2, 0.25) is 0 Å². The van der Waals surface area contributed by atoms with Crippen molar-refractivity contribution in [2.75, 3.05) is 0 Å². The van der Waals surface area contributed by atoms with Gasteiger partial charge in [0, 0.05) is 28.1 Å². The third kappa shape index (κ3) is 8.06. The Bertz CT molecular complexity index is 1000. The number of halogens is 4. The van der Waals surface area contributed by atoms with Crippen molar-refractivity contribution in [3.05, 3.63) is 95.5 Å². The van der Waals surface area contributed by atoms with Crippen molar-refractivity contribution in [2.45, 2.75) is 14.7 Å². The van der Waals surface area contributed by atoms with E-state index in [0.29, 0.717) is 5.03 Å². The van der Waals surface area contributed by atoms with Gasteiger partial charge in [-0.05, 0) is 95.7 Å². The van der Waals surface area contributed by atoms with Gasteiger partial charge in [0.15, 0.2) is 0 Å². The smallest absolute Gasteiger partial charge is 0.0805 e. The summed E-state index contributed by atoms with van der Waals surface area (Å²) in [6, 6.07) is 24.4. The largest absolute Gasteiger partial charge is 0.112 e. The second-order valence-electron chi connectivity index (χ2n) is 5.50. The molecule has 0 spiro atoms. The van der Waals surface area contributed by atoms with Crippen molar-refractivity contribution in [3.63, 3.8) is 0 Å². The second kappa shape index (κ2) is 12.0. The Morgan fingerprint density at radius 1 is 0.621 bits per heavy atom. The van der Waals surface area contributed by atoms with Crippen molar-refractivity contribution >= 4 is 94.7 Å². The van der Waals surface area contributed by atoms with Crippen molar-refractivity contribution in [3.8, 4) is 11.2 Å². The lowest BCUT2D eigenvalue weighted by atomic mass is 10.4. The van der Waals surface area contributed by atoms with Gasteiger partial charge in [0.05, 0.1) is 4.24 Å². The number of hydrogen-bond donors (Lipinski definition) is 0. The van der Waals surface area contributed by atoms with Crippen molar-refractivity contribution in [1.29, 1.82) is 0 Å². The third-order valence-corrected chi connectivity index (χ3v) is 8.47. The fourth-order valence-corrected chi connectivity index (χ4v) is 5.68. The minimum absolute atomic E-state index is 0.537. The maximum absolute atomic E-state index is 6.63. The summed E-state index contributed by atoms with van der Waals surface area (Å²) in [5.74, 6) is 3.10. The summed E-state index contributed by atoms with van der Waals surface area (Å²) in [5.41, 5.74) is 0. The van der Waals surface area contributed by atoms with Crippen LogP contribution in [0, 0.1) is 11.2 Å². The maximum Gasteiger partial charge on any atom is 0.112 e. The zero-order valence-electron chi connectivity index (χ0n) is 14.7. The third-order valence-electron chi connectivity index (χ3n) is 3.37. The molecule has 3 aromatic carbocycles. The molecule has 0 bridgehead atoms. The quantitative estimate of drug-likeness (QED) is 0.200. The van der Waals surface area contributed by atoms with E-state index in [9.17, 15) is 0 Å². The van der Waals surface area contributed by atoms with Crippen LogP contribution in [-0.2, 0) is 0 Å². The molecule has 3 aromatic rings. The highest BCUT2D eigenvalue weighted by Crippen LogP contribution is 2.42. The molecule has 0 nitrogen and oxygen atoms in total. The monoisotopic (exact) mass is 644 g/mol. The normalized spacial score (nSPS) is 10.2. The Morgan fingerprint density at radius 3 is 1.41 bits per heavy atom. The van der Waals surface area contributed by atoms with Gasteiger partial charge in [-0.1, -0.05) is 82.9 Å². The summed E-state index contributed by atoms with van der Waals surface area (Å²) in [6.07, 6.45) is 0. The van der Waals surface area contributed by atoms with Crippen LogP contribution in [0.4, 0.5) is 0 Å². The summed E-state index contributed by atoms with van der Waals surface area (Å²) in [5, 5.41) is 3.65. The van der Waals surface area contributed by atoms with Crippen molar-refractivity contribution in [2.24, 2.45) is 0 Å². The Hall–Kier alpha value is -0.260. The lowest BCUT2D eigenvalue weighted by molar-refractivity contribution is 1.44. The first kappa shape index (κ1) is 23.4. The van der Waals surface area contributed by atoms with Crippen LogP contribution < -0.4 is 0 Å². The molecule has 0 saturated heterocycles. The zero-order valence-corrected chi connectivity index (χ0v) is 22.6. The van der Waals surface area contributed by atoms with E-state index >= 15 is 0 Å². The number of benzene rings is 3. The average molecular weight is 648 g/mol. The first-order valence-corrected chi connectivity index (χ1v) is 13.4. The average Bonchev–Trinajstić information content (AvgIpc) is 2.72. The lowest BCUT2D eigenvalue weighted by Gasteiger charge is -2.08. The number of rotatable bonds is 5. The van der Waals surface area contributed by atoms with Gasteiger partial charge in [0.1, 0.15) is 5.03 Å². The molecule has 0 radical (unpaired) electrons.